The van der Waals surface area contributed by atoms with Crippen LogP contribution in [0.4, 0.5) is 14.5 Å². The largest absolute Gasteiger partial charge is 0.586 e. The summed E-state index contributed by atoms with van der Waals surface area (Å²) in [6.07, 6.45) is -1.93. The Morgan fingerprint density at radius 1 is 1.05 bits per heavy atom. The number of hydrogen-bond acceptors (Lipinski definition) is 5. The zero-order chi connectivity index (χ0) is 27.1. The lowest BCUT2D eigenvalue weighted by atomic mass is 10.0. The van der Waals surface area contributed by atoms with Crippen molar-refractivity contribution in [1.82, 2.24) is 4.31 Å². The third-order valence-electron chi connectivity index (χ3n) is 6.90. The maximum atomic E-state index is 13.7. The molecule has 38 heavy (non-hydrogen) atoms. The van der Waals surface area contributed by atoms with E-state index >= 15 is 0 Å². The first kappa shape index (κ1) is 26.5. The molecule has 5 rings (SSSR count). The van der Waals surface area contributed by atoms with E-state index < -0.39 is 16.3 Å². The van der Waals surface area contributed by atoms with Gasteiger partial charge in [0.15, 0.2) is 11.5 Å². The van der Waals surface area contributed by atoms with Gasteiger partial charge in [-0.05, 0) is 55.2 Å². The van der Waals surface area contributed by atoms with Crippen LogP contribution in [-0.4, -0.2) is 38.1 Å². The molecule has 0 aromatic heterocycles. The van der Waals surface area contributed by atoms with E-state index in [0.29, 0.717) is 34.8 Å². The lowest BCUT2D eigenvalue weighted by Gasteiger charge is -2.40. The average Bonchev–Trinajstić information content (AvgIpc) is 3.22. The zero-order valence-electron chi connectivity index (χ0n) is 20.7. The molecule has 0 saturated carbocycles. The number of piperidine rings is 1. The van der Waals surface area contributed by atoms with Gasteiger partial charge in [0.05, 0.1) is 4.90 Å². The highest BCUT2D eigenvalue weighted by Crippen LogP contribution is 2.45. The Morgan fingerprint density at radius 2 is 1.71 bits per heavy atom. The van der Waals surface area contributed by atoms with Crippen molar-refractivity contribution in [3.8, 4) is 11.5 Å². The van der Waals surface area contributed by atoms with Gasteiger partial charge in [0, 0.05) is 47.2 Å². The molecule has 0 radical (unpaired) electrons. The lowest BCUT2D eigenvalue weighted by Crippen LogP contribution is -2.46. The lowest BCUT2D eigenvalue weighted by molar-refractivity contribution is -0.286. The van der Waals surface area contributed by atoms with Crippen LogP contribution in [0.5, 0.6) is 11.5 Å². The van der Waals surface area contributed by atoms with Gasteiger partial charge in [0.1, 0.15) is 0 Å². The fourth-order valence-corrected chi connectivity index (χ4v) is 6.60. The number of fused-ring (bicyclic) bond motifs is 1. The van der Waals surface area contributed by atoms with E-state index in [0.717, 1.165) is 12.0 Å². The first-order valence-corrected chi connectivity index (χ1v) is 14.1. The SMILES string of the molecule is C=C(c1ccccc1Cl)N(c1ccc2c(c1)OC(F)(F)O2)C1CCN(S(=O)(=O)c2ccc(CC)cc2)CC1. The van der Waals surface area contributed by atoms with Crippen molar-refractivity contribution in [1.29, 1.82) is 0 Å². The number of aryl methyl sites for hydroxylation is 1. The average molecular weight is 561 g/mol. The van der Waals surface area contributed by atoms with Gasteiger partial charge in [-0.1, -0.05) is 55.4 Å². The number of nitrogens with zero attached hydrogens (tertiary/aromatic N) is 2. The van der Waals surface area contributed by atoms with Gasteiger partial charge in [-0.15, -0.1) is 8.78 Å². The maximum absolute atomic E-state index is 13.7. The highest BCUT2D eigenvalue weighted by molar-refractivity contribution is 7.89. The van der Waals surface area contributed by atoms with E-state index in [2.05, 4.69) is 16.1 Å². The monoisotopic (exact) mass is 560 g/mol. The van der Waals surface area contributed by atoms with Crippen molar-refractivity contribution in [2.24, 2.45) is 0 Å². The van der Waals surface area contributed by atoms with Crippen LogP contribution in [0, 0.1) is 0 Å². The molecule has 1 saturated heterocycles. The standard InChI is InChI=1S/C28H27ClF2N2O4S/c1-3-20-8-11-23(12-9-20)38(34,35)32-16-14-21(15-17-32)33(19(2)24-6-4-5-7-25(24)29)22-10-13-26-27(18-22)37-28(30,31)36-26/h4-13,18,21H,2-3,14-17H2,1H3. The number of hydrogen-bond donors (Lipinski definition) is 0. The summed E-state index contributed by atoms with van der Waals surface area (Å²) >= 11 is 6.47. The number of rotatable bonds is 7. The molecule has 0 bridgehead atoms. The molecule has 3 aromatic rings. The van der Waals surface area contributed by atoms with Crippen LogP contribution in [0.1, 0.15) is 30.9 Å². The summed E-state index contributed by atoms with van der Waals surface area (Å²) in [6, 6.07) is 18.6. The van der Waals surface area contributed by atoms with Gasteiger partial charge in [-0.3, -0.25) is 0 Å². The van der Waals surface area contributed by atoms with E-state index in [9.17, 15) is 17.2 Å². The summed E-state index contributed by atoms with van der Waals surface area (Å²) in [7, 11) is -3.65. The van der Waals surface area contributed by atoms with Crippen LogP contribution in [0.2, 0.25) is 5.02 Å². The van der Waals surface area contributed by atoms with Crippen molar-refractivity contribution in [2.45, 2.75) is 43.4 Å². The highest BCUT2D eigenvalue weighted by Gasteiger charge is 2.44. The molecule has 0 spiro atoms. The van der Waals surface area contributed by atoms with Crippen LogP contribution in [-0.2, 0) is 16.4 Å². The number of halogens is 3. The summed E-state index contributed by atoms with van der Waals surface area (Å²) in [4.78, 5) is 2.18. The van der Waals surface area contributed by atoms with Crippen LogP contribution in [0.15, 0.2) is 78.2 Å². The van der Waals surface area contributed by atoms with Gasteiger partial charge < -0.3 is 14.4 Å². The van der Waals surface area contributed by atoms with E-state index in [1.807, 2.05) is 42.2 Å². The first-order valence-electron chi connectivity index (χ1n) is 12.3. The zero-order valence-corrected chi connectivity index (χ0v) is 22.3. The third kappa shape index (κ3) is 5.10. The summed E-state index contributed by atoms with van der Waals surface area (Å²) in [6.45, 7) is 6.88. The fraction of sp³-hybridized carbons (Fsp3) is 0.286. The molecule has 200 valence electrons. The topological polar surface area (TPSA) is 59.1 Å². The summed E-state index contributed by atoms with van der Waals surface area (Å²) in [5.74, 6) is -0.142. The van der Waals surface area contributed by atoms with E-state index in [1.165, 1.54) is 16.4 Å². The minimum Gasteiger partial charge on any atom is -0.395 e. The second kappa shape index (κ2) is 10.2. The van der Waals surface area contributed by atoms with Crippen molar-refractivity contribution in [3.63, 3.8) is 0 Å². The minimum absolute atomic E-state index is 0.0583. The molecule has 10 heteroatoms. The molecule has 0 amide bonds. The molecule has 2 aliphatic rings. The number of benzene rings is 3. The van der Waals surface area contributed by atoms with E-state index in [1.54, 1.807) is 24.3 Å². The quantitative estimate of drug-likeness (QED) is 0.328. The highest BCUT2D eigenvalue weighted by atomic mass is 35.5. The normalized spacial score (nSPS) is 17.4. The fourth-order valence-electron chi connectivity index (χ4n) is 4.89. The van der Waals surface area contributed by atoms with Crippen LogP contribution in [0.25, 0.3) is 5.70 Å². The molecule has 1 fully saturated rings. The smallest absolute Gasteiger partial charge is 0.395 e. The molecule has 2 heterocycles. The van der Waals surface area contributed by atoms with Gasteiger partial charge in [-0.2, -0.15) is 4.31 Å². The summed E-state index contributed by atoms with van der Waals surface area (Å²) < 4.78 is 64.7. The Labute approximate surface area is 226 Å². The second-order valence-corrected chi connectivity index (χ2v) is 11.6. The molecule has 6 nitrogen and oxygen atoms in total. The number of anilines is 1. The Bertz CT molecular complexity index is 1460. The number of alkyl halides is 2. The van der Waals surface area contributed by atoms with Crippen LogP contribution in [0.3, 0.4) is 0 Å². The molecule has 2 aliphatic heterocycles. The Morgan fingerprint density at radius 3 is 2.37 bits per heavy atom. The molecule has 3 aromatic carbocycles. The van der Waals surface area contributed by atoms with Crippen molar-refractivity contribution in [3.05, 3.63) is 89.5 Å². The van der Waals surface area contributed by atoms with Crippen molar-refractivity contribution in [2.75, 3.05) is 18.0 Å². The predicted molar refractivity (Wildman–Crippen MR) is 143 cm³/mol. The van der Waals surface area contributed by atoms with Crippen LogP contribution >= 0.6 is 11.6 Å². The molecular formula is C28H27ClF2N2O4S. The summed E-state index contributed by atoms with van der Waals surface area (Å²) in [5.41, 5.74) is 2.88. The maximum Gasteiger partial charge on any atom is 0.586 e. The van der Waals surface area contributed by atoms with Gasteiger partial charge >= 0.3 is 6.29 Å². The second-order valence-electron chi connectivity index (χ2n) is 9.23. The molecular weight excluding hydrogens is 534 g/mol. The molecule has 0 N–H and O–H groups in total. The molecule has 0 atom stereocenters. The Kier molecular flexibility index (Phi) is 7.11. The van der Waals surface area contributed by atoms with Gasteiger partial charge in [0.25, 0.3) is 0 Å². The number of sulfonamides is 1. The van der Waals surface area contributed by atoms with E-state index in [-0.39, 0.29) is 35.5 Å². The Balaban J connectivity index is 1.42. The predicted octanol–water partition coefficient (Wildman–Crippen LogP) is 6.55. The summed E-state index contributed by atoms with van der Waals surface area (Å²) in [5, 5.41) is 0.491. The first-order chi connectivity index (χ1) is 18.1. The minimum atomic E-state index is -3.74. The third-order valence-corrected chi connectivity index (χ3v) is 9.14. The van der Waals surface area contributed by atoms with Crippen LogP contribution < -0.4 is 14.4 Å². The molecule has 0 aliphatic carbocycles. The van der Waals surface area contributed by atoms with Crippen molar-refractivity contribution < 1.29 is 26.7 Å². The van der Waals surface area contributed by atoms with Crippen molar-refractivity contribution >= 4 is 33.0 Å². The Hall–Kier alpha value is -3.14. The van der Waals surface area contributed by atoms with Gasteiger partial charge in [0.2, 0.25) is 10.0 Å². The molecule has 0 unspecified atom stereocenters. The van der Waals surface area contributed by atoms with E-state index in [4.69, 9.17) is 11.6 Å². The van der Waals surface area contributed by atoms with Gasteiger partial charge in [-0.25, -0.2) is 8.42 Å². The number of ether oxygens (including phenoxy) is 2.